The summed E-state index contributed by atoms with van der Waals surface area (Å²) in [5.74, 6) is 6.96. The summed E-state index contributed by atoms with van der Waals surface area (Å²) in [6.45, 7) is 0. The summed E-state index contributed by atoms with van der Waals surface area (Å²) < 4.78 is 6.74. The monoisotopic (exact) mass is 761 g/mol. The van der Waals surface area contributed by atoms with E-state index in [4.69, 9.17) is 19.7 Å². The van der Waals surface area contributed by atoms with E-state index in [2.05, 4.69) is 158 Å². The van der Waals surface area contributed by atoms with Crippen molar-refractivity contribution in [3.63, 3.8) is 0 Å². The zero-order chi connectivity index (χ0) is 38.9. The third kappa shape index (κ3) is 5.76. The van der Waals surface area contributed by atoms with Gasteiger partial charge >= 0.3 is 0 Å². The largest absolute Gasteiger partial charge is 0.457 e. The molecule has 13 rings (SSSR count). The van der Waals surface area contributed by atoms with Gasteiger partial charge in [0, 0.05) is 33.2 Å². The van der Waals surface area contributed by atoms with Crippen molar-refractivity contribution in [3.8, 4) is 79.0 Å². The number of benzene rings is 7. The summed E-state index contributed by atoms with van der Waals surface area (Å²) in [5, 5.41) is 0. The molecule has 7 aromatic carbocycles. The molecule has 1 spiro atoms. The molecule has 0 saturated heterocycles. The van der Waals surface area contributed by atoms with Gasteiger partial charge in [0.2, 0.25) is 0 Å². The van der Waals surface area contributed by atoms with Crippen LogP contribution < -0.4 is 4.74 Å². The van der Waals surface area contributed by atoms with E-state index < -0.39 is 0 Å². The van der Waals surface area contributed by atoms with E-state index in [0.717, 1.165) is 51.2 Å². The second-order valence-corrected chi connectivity index (χ2v) is 17.3. The average molecular weight is 762 g/mol. The number of para-hydroxylation sites is 1. The Morgan fingerprint density at radius 1 is 0.339 bits per heavy atom. The van der Waals surface area contributed by atoms with Gasteiger partial charge in [-0.15, -0.1) is 0 Å². The maximum atomic E-state index is 6.74. The van der Waals surface area contributed by atoms with Crippen molar-refractivity contribution >= 4 is 0 Å². The molecule has 4 fully saturated rings. The van der Waals surface area contributed by atoms with Crippen molar-refractivity contribution in [1.82, 2.24) is 15.0 Å². The number of nitrogens with zero attached hydrogens (tertiary/aromatic N) is 3. The van der Waals surface area contributed by atoms with Crippen molar-refractivity contribution in [3.05, 3.63) is 187 Å². The predicted octanol–water partition coefficient (Wildman–Crippen LogP) is 13.7. The lowest BCUT2D eigenvalue weighted by Crippen LogP contribution is -2.56. The fourth-order valence-electron chi connectivity index (χ4n) is 11.6. The number of ether oxygens (including phenoxy) is 1. The average Bonchev–Trinajstić information content (AvgIpc) is 3.30. The summed E-state index contributed by atoms with van der Waals surface area (Å²) in [4.78, 5) is 15.6. The molecule has 0 radical (unpaired) electrons. The SMILES string of the molecule is c1ccc(-c2cc(-c3ccccc3)cc(-c3ccc(-c4nc(-c5ccccc5)nc(-c5ccc6c(c5)C5(c7ccccc7O6)C6CC7CC(C6)CC5C7)n4)cc3)c2)cc1. The number of aromatic nitrogens is 3. The molecule has 4 aliphatic carbocycles. The number of hydrogen-bond donors (Lipinski definition) is 0. The van der Waals surface area contributed by atoms with Crippen molar-refractivity contribution in [2.45, 2.75) is 37.5 Å². The molecule has 4 heteroatoms. The topological polar surface area (TPSA) is 47.9 Å². The highest BCUT2D eigenvalue weighted by Gasteiger charge is 2.61. The number of hydrogen-bond acceptors (Lipinski definition) is 4. The first-order valence-electron chi connectivity index (χ1n) is 21.3. The Morgan fingerprint density at radius 3 is 1.31 bits per heavy atom. The van der Waals surface area contributed by atoms with Gasteiger partial charge in [0.15, 0.2) is 17.5 Å². The van der Waals surface area contributed by atoms with Crippen LogP contribution in [-0.4, -0.2) is 15.0 Å². The first-order chi connectivity index (χ1) is 29.2. The molecule has 2 heterocycles. The van der Waals surface area contributed by atoms with E-state index in [1.807, 2.05) is 18.2 Å². The van der Waals surface area contributed by atoms with Crippen LogP contribution in [0, 0.1) is 23.7 Å². The highest BCUT2D eigenvalue weighted by molar-refractivity contribution is 5.82. The van der Waals surface area contributed by atoms with Crippen LogP contribution in [0.25, 0.3) is 67.5 Å². The van der Waals surface area contributed by atoms with Crippen LogP contribution in [0.3, 0.4) is 0 Å². The Hall–Kier alpha value is -6.65. The standard InChI is InChI=1S/C55H43N3O/c1-4-12-37(13-5-1)43-31-44(38-14-6-2-7-15-38)33-45(32-43)39-20-22-41(23-21-39)53-56-52(40-16-8-3-9-17-40)57-54(58-53)42-24-25-51-49(34-42)55(48-18-10-11-19-50(48)59-51)46-27-35-26-36(29-46)30-47(55)28-35/h1-25,31-36,46-47H,26-30H2. The maximum absolute atomic E-state index is 6.74. The molecule has 4 nitrogen and oxygen atoms in total. The van der Waals surface area contributed by atoms with Crippen molar-refractivity contribution in [2.24, 2.45) is 23.7 Å². The summed E-state index contributed by atoms with van der Waals surface area (Å²) in [6.07, 6.45) is 6.64. The van der Waals surface area contributed by atoms with Gasteiger partial charge in [-0.05, 0) is 132 Å². The smallest absolute Gasteiger partial charge is 0.164 e. The van der Waals surface area contributed by atoms with Gasteiger partial charge in [-0.25, -0.2) is 15.0 Å². The molecular formula is C55H43N3O. The summed E-state index contributed by atoms with van der Waals surface area (Å²) in [7, 11) is 0. The molecule has 59 heavy (non-hydrogen) atoms. The van der Waals surface area contributed by atoms with E-state index in [0.29, 0.717) is 29.3 Å². The summed E-state index contributed by atoms with van der Waals surface area (Å²) >= 11 is 0. The van der Waals surface area contributed by atoms with E-state index in [1.54, 1.807) is 0 Å². The first kappa shape index (κ1) is 34.4. The van der Waals surface area contributed by atoms with Crippen LogP contribution in [0.15, 0.2) is 176 Å². The van der Waals surface area contributed by atoms with Crippen LogP contribution in [0.5, 0.6) is 11.5 Å². The van der Waals surface area contributed by atoms with Gasteiger partial charge in [0.05, 0.1) is 0 Å². The Morgan fingerprint density at radius 2 is 0.746 bits per heavy atom. The molecule has 0 amide bonds. The van der Waals surface area contributed by atoms with Gasteiger partial charge in [0.25, 0.3) is 0 Å². The van der Waals surface area contributed by atoms with E-state index in [9.17, 15) is 0 Å². The third-order valence-corrected chi connectivity index (χ3v) is 14.0. The van der Waals surface area contributed by atoms with Crippen LogP contribution >= 0.6 is 0 Å². The molecule has 284 valence electrons. The minimum Gasteiger partial charge on any atom is -0.457 e. The predicted molar refractivity (Wildman–Crippen MR) is 237 cm³/mol. The fourth-order valence-corrected chi connectivity index (χ4v) is 11.6. The molecule has 8 aromatic rings. The van der Waals surface area contributed by atoms with E-state index >= 15 is 0 Å². The Kier molecular flexibility index (Phi) is 8.01. The molecule has 5 aliphatic rings. The summed E-state index contributed by atoms with van der Waals surface area (Å²) in [6, 6.07) is 62.7. The molecule has 0 unspecified atom stereocenters. The Bertz CT molecular complexity index is 2770. The second-order valence-electron chi connectivity index (χ2n) is 17.3. The molecule has 1 aliphatic heterocycles. The minimum absolute atomic E-state index is 0.0558. The highest BCUT2D eigenvalue weighted by atomic mass is 16.5. The van der Waals surface area contributed by atoms with Crippen molar-refractivity contribution < 1.29 is 4.74 Å². The quantitative estimate of drug-likeness (QED) is 0.169. The van der Waals surface area contributed by atoms with Crippen molar-refractivity contribution in [2.75, 3.05) is 0 Å². The third-order valence-electron chi connectivity index (χ3n) is 14.0. The Labute approximate surface area is 345 Å². The lowest BCUT2D eigenvalue weighted by atomic mass is 9.42. The second kappa shape index (κ2) is 13.7. The van der Waals surface area contributed by atoms with Gasteiger partial charge < -0.3 is 4.74 Å². The van der Waals surface area contributed by atoms with Crippen LogP contribution in [0.2, 0.25) is 0 Å². The van der Waals surface area contributed by atoms with Crippen molar-refractivity contribution in [1.29, 1.82) is 0 Å². The molecule has 0 atom stereocenters. The van der Waals surface area contributed by atoms with Gasteiger partial charge in [-0.2, -0.15) is 0 Å². The Balaban J connectivity index is 0.966. The lowest BCUT2D eigenvalue weighted by Gasteiger charge is -2.63. The zero-order valence-electron chi connectivity index (χ0n) is 32.8. The molecule has 4 saturated carbocycles. The first-order valence-corrected chi connectivity index (χ1v) is 21.3. The number of rotatable bonds is 6. The molecule has 0 N–H and O–H groups in total. The maximum Gasteiger partial charge on any atom is 0.164 e. The van der Waals surface area contributed by atoms with Crippen LogP contribution in [0.1, 0.15) is 43.2 Å². The number of fused-ring (bicyclic) bond motifs is 2. The van der Waals surface area contributed by atoms with Gasteiger partial charge in [-0.1, -0.05) is 133 Å². The van der Waals surface area contributed by atoms with E-state index in [1.165, 1.54) is 65.5 Å². The fraction of sp³-hybridized carbons (Fsp3) is 0.182. The van der Waals surface area contributed by atoms with E-state index in [-0.39, 0.29) is 5.41 Å². The summed E-state index contributed by atoms with van der Waals surface area (Å²) in [5.41, 5.74) is 12.6. The molecule has 4 bridgehead atoms. The van der Waals surface area contributed by atoms with Gasteiger partial charge in [0.1, 0.15) is 11.5 Å². The molecule has 1 aromatic heterocycles. The highest BCUT2D eigenvalue weighted by Crippen LogP contribution is 2.69. The van der Waals surface area contributed by atoms with Crippen LogP contribution in [0.4, 0.5) is 0 Å². The lowest BCUT2D eigenvalue weighted by molar-refractivity contribution is -0.0452. The zero-order valence-corrected chi connectivity index (χ0v) is 32.8. The normalized spacial score (nSPS) is 22.1. The van der Waals surface area contributed by atoms with Gasteiger partial charge in [-0.3, -0.25) is 0 Å². The minimum atomic E-state index is -0.0558. The molecular weight excluding hydrogens is 719 g/mol. The van der Waals surface area contributed by atoms with Crippen LogP contribution in [-0.2, 0) is 5.41 Å².